The fourth-order valence-corrected chi connectivity index (χ4v) is 5.45. The van der Waals surface area contributed by atoms with Crippen LogP contribution in [0.4, 0.5) is 5.82 Å². The molecule has 2 aromatic carbocycles. The van der Waals surface area contributed by atoms with Crippen LogP contribution in [0.15, 0.2) is 72.1 Å². The number of amides is 2. The highest BCUT2D eigenvalue weighted by Crippen LogP contribution is 2.17. The van der Waals surface area contributed by atoms with Crippen molar-refractivity contribution in [2.24, 2.45) is 0 Å². The maximum atomic E-state index is 13.5. The fraction of sp³-hybridized carbons (Fsp3) is 0.312. The summed E-state index contributed by atoms with van der Waals surface area (Å²) in [4.78, 5) is 39.0. The Morgan fingerprint density at radius 2 is 1.71 bits per heavy atom. The van der Waals surface area contributed by atoms with E-state index in [1.807, 2.05) is 67.6 Å². The molecule has 220 valence electrons. The number of anilines is 1. The summed E-state index contributed by atoms with van der Waals surface area (Å²) < 4.78 is 0. The quantitative estimate of drug-likeness (QED) is 0.231. The summed E-state index contributed by atoms with van der Waals surface area (Å²) in [7, 11) is 3.53. The van der Waals surface area contributed by atoms with E-state index in [-0.39, 0.29) is 25.0 Å². The van der Waals surface area contributed by atoms with Crippen LogP contribution in [0.3, 0.4) is 0 Å². The number of rotatable bonds is 12. The number of benzene rings is 2. The molecule has 10 heteroatoms. The Labute approximate surface area is 250 Å². The number of hydrogen-bond acceptors (Lipinski definition) is 8. The molecule has 2 heterocycles. The average Bonchev–Trinajstić information content (AvgIpc) is 3.40. The number of likely N-dealkylation sites (N-methyl/N-ethyl adjacent to an activating group) is 1. The lowest BCUT2D eigenvalue weighted by molar-refractivity contribution is 0.0784. The third-order valence-corrected chi connectivity index (χ3v) is 7.99. The number of aliphatic hydroxyl groups excluding tert-OH is 2. The summed E-state index contributed by atoms with van der Waals surface area (Å²) in [5.74, 6) is 0.0542. The van der Waals surface area contributed by atoms with E-state index in [2.05, 4.69) is 15.3 Å². The number of thiazole rings is 1. The van der Waals surface area contributed by atoms with Gasteiger partial charge in [0.05, 0.1) is 25.3 Å². The second-order valence-electron chi connectivity index (χ2n) is 10.4. The zero-order chi connectivity index (χ0) is 30.2. The highest BCUT2D eigenvalue weighted by Gasteiger charge is 2.25. The monoisotopic (exact) mass is 587 g/mol. The van der Waals surface area contributed by atoms with Crippen LogP contribution in [0.5, 0.6) is 0 Å². The Hall–Kier alpha value is -4.12. The molecule has 0 saturated carbocycles. The lowest BCUT2D eigenvalue weighted by Gasteiger charge is -2.29. The third kappa shape index (κ3) is 8.00. The summed E-state index contributed by atoms with van der Waals surface area (Å²) in [6.45, 7) is 4.24. The fourth-order valence-electron chi connectivity index (χ4n) is 4.62. The first-order chi connectivity index (χ1) is 20.1. The highest BCUT2D eigenvalue weighted by atomic mass is 32.1. The summed E-state index contributed by atoms with van der Waals surface area (Å²) >= 11 is 1.50. The number of aliphatic hydroxyl groups is 2. The summed E-state index contributed by atoms with van der Waals surface area (Å²) in [5.41, 5.74) is 4.06. The molecular formula is C32H37N5O4S. The Balaban J connectivity index is 1.49. The van der Waals surface area contributed by atoms with Gasteiger partial charge in [0, 0.05) is 48.5 Å². The molecule has 0 aliphatic carbocycles. The molecule has 0 aliphatic heterocycles. The van der Waals surface area contributed by atoms with Gasteiger partial charge < -0.3 is 25.3 Å². The van der Waals surface area contributed by atoms with Crippen LogP contribution >= 0.6 is 11.3 Å². The number of pyridine rings is 1. The number of carbonyl (C=O) groups excluding carboxylic acids is 2. The lowest BCUT2D eigenvalue weighted by Crippen LogP contribution is -2.49. The van der Waals surface area contributed by atoms with Gasteiger partial charge in [0.15, 0.2) is 0 Å². The Morgan fingerprint density at radius 3 is 2.38 bits per heavy atom. The van der Waals surface area contributed by atoms with Gasteiger partial charge in [0.25, 0.3) is 11.8 Å². The smallest absolute Gasteiger partial charge is 0.253 e. The van der Waals surface area contributed by atoms with Crippen molar-refractivity contribution in [2.45, 2.75) is 45.6 Å². The number of hydrogen-bond donors (Lipinski definition) is 3. The molecule has 4 aromatic rings. The average molecular weight is 588 g/mol. The third-order valence-electron chi connectivity index (χ3n) is 7.04. The van der Waals surface area contributed by atoms with Crippen molar-refractivity contribution in [2.75, 3.05) is 25.5 Å². The summed E-state index contributed by atoms with van der Waals surface area (Å²) in [5, 5.41) is 26.6. The molecule has 2 amide bonds. The molecule has 0 fully saturated rings. The highest BCUT2D eigenvalue weighted by molar-refractivity contribution is 7.09. The Morgan fingerprint density at radius 1 is 0.976 bits per heavy atom. The van der Waals surface area contributed by atoms with Crippen LogP contribution in [0.1, 0.15) is 48.2 Å². The first-order valence-electron chi connectivity index (χ1n) is 13.7. The Kier molecular flexibility index (Phi) is 10.4. The summed E-state index contributed by atoms with van der Waals surface area (Å²) in [6.07, 6.45) is -0.525. The predicted molar refractivity (Wildman–Crippen MR) is 165 cm³/mol. The Bertz CT molecular complexity index is 1510. The lowest BCUT2D eigenvalue weighted by atomic mass is 10.00. The molecule has 0 aliphatic rings. The second kappa shape index (κ2) is 14.2. The van der Waals surface area contributed by atoms with Gasteiger partial charge in [-0.15, -0.1) is 11.3 Å². The first kappa shape index (κ1) is 30.8. The van der Waals surface area contributed by atoms with E-state index < -0.39 is 12.1 Å². The zero-order valence-electron chi connectivity index (χ0n) is 24.3. The SMILES string of the molecule is Cc1csc(CN(C)C(=O)c2cccc(C(=O)N[C@@H](Cc3ccccc3)[C@H](O)CN(C)c3ccc(CO)c(C)n3)c2)n1. The van der Waals surface area contributed by atoms with E-state index in [0.29, 0.717) is 35.6 Å². The molecule has 2 atom stereocenters. The van der Waals surface area contributed by atoms with Gasteiger partial charge in [-0.1, -0.05) is 42.5 Å². The van der Waals surface area contributed by atoms with Crippen molar-refractivity contribution in [3.8, 4) is 0 Å². The van der Waals surface area contributed by atoms with E-state index in [1.54, 1.807) is 42.3 Å². The van der Waals surface area contributed by atoms with Crippen molar-refractivity contribution in [1.29, 1.82) is 0 Å². The molecular weight excluding hydrogens is 550 g/mol. The molecule has 42 heavy (non-hydrogen) atoms. The van der Waals surface area contributed by atoms with Crippen molar-refractivity contribution in [3.05, 3.63) is 111 Å². The van der Waals surface area contributed by atoms with Gasteiger partial charge in [0.2, 0.25) is 0 Å². The van der Waals surface area contributed by atoms with Crippen LogP contribution in [0, 0.1) is 13.8 Å². The number of carbonyl (C=O) groups is 2. The normalized spacial score (nSPS) is 12.4. The summed E-state index contributed by atoms with van der Waals surface area (Å²) in [6, 6.07) is 19.3. The van der Waals surface area contributed by atoms with Crippen molar-refractivity contribution < 1.29 is 19.8 Å². The van der Waals surface area contributed by atoms with Crippen LogP contribution < -0.4 is 10.2 Å². The van der Waals surface area contributed by atoms with Gasteiger partial charge in [-0.25, -0.2) is 9.97 Å². The zero-order valence-corrected chi connectivity index (χ0v) is 25.1. The molecule has 3 N–H and O–H groups in total. The molecule has 0 saturated heterocycles. The van der Waals surface area contributed by atoms with E-state index in [0.717, 1.165) is 21.8 Å². The van der Waals surface area contributed by atoms with Crippen molar-refractivity contribution in [1.82, 2.24) is 20.2 Å². The number of aromatic nitrogens is 2. The van der Waals surface area contributed by atoms with Crippen LogP contribution in [-0.2, 0) is 19.6 Å². The molecule has 0 bridgehead atoms. The van der Waals surface area contributed by atoms with Crippen LogP contribution in [0.25, 0.3) is 0 Å². The van der Waals surface area contributed by atoms with Crippen LogP contribution in [0.2, 0.25) is 0 Å². The van der Waals surface area contributed by atoms with E-state index >= 15 is 0 Å². The first-order valence-corrected chi connectivity index (χ1v) is 14.6. The van der Waals surface area contributed by atoms with E-state index in [9.17, 15) is 19.8 Å². The number of nitrogens with zero attached hydrogens (tertiary/aromatic N) is 4. The molecule has 9 nitrogen and oxygen atoms in total. The van der Waals surface area contributed by atoms with Crippen molar-refractivity contribution >= 4 is 29.0 Å². The minimum absolute atomic E-state index is 0.0920. The molecule has 0 unspecified atom stereocenters. The molecule has 0 spiro atoms. The van der Waals surface area contributed by atoms with E-state index in [1.165, 1.54) is 11.3 Å². The second-order valence-corrected chi connectivity index (χ2v) is 11.4. The van der Waals surface area contributed by atoms with E-state index in [4.69, 9.17) is 0 Å². The maximum absolute atomic E-state index is 13.5. The van der Waals surface area contributed by atoms with Gasteiger partial charge in [0.1, 0.15) is 10.8 Å². The minimum Gasteiger partial charge on any atom is -0.392 e. The topological polar surface area (TPSA) is 119 Å². The standard InChI is InChI=1S/C32H37N5O4S/c1-21-20-42-30(33-21)18-37(4)32(41)25-12-8-11-24(16-25)31(40)35-27(15-23-9-6-5-7-10-23)28(39)17-36(3)29-14-13-26(19-38)22(2)34-29/h5-14,16,20,27-28,38-39H,15,17-19H2,1-4H3,(H,35,40)/t27-,28+/m0/s1. The molecule has 4 rings (SSSR count). The van der Waals surface area contributed by atoms with Gasteiger partial charge >= 0.3 is 0 Å². The maximum Gasteiger partial charge on any atom is 0.253 e. The minimum atomic E-state index is -0.934. The van der Waals surface area contributed by atoms with Gasteiger partial charge in [-0.3, -0.25) is 9.59 Å². The number of nitrogens with one attached hydrogen (secondary N) is 1. The van der Waals surface area contributed by atoms with Crippen molar-refractivity contribution in [3.63, 3.8) is 0 Å². The number of aryl methyl sites for hydroxylation is 2. The van der Waals surface area contributed by atoms with Crippen LogP contribution in [-0.4, -0.2) is 69.7 Å². The predicted octanol–water partition coefficient (Wildman–Crippen LogP) is 3.76. The van der Waals surface area contributed by atoms with Gasteiger partial charge in [-0.2, -0.15) is 0 Å². The largest absolute Gasteiger partial charge is 0.392 e. The molecule has 2 aromatic heterocycles. The van der Waals surface area contributed by atoms with Gasteiger partial charge in [-0.05, 0) is 55.7 Å². The molecule has 0 radical (unpaired) electrons.